The molecule has 3 atom stereocenters. The third-order valence-electron chi connectivity index (χ3n) is 6.76. The third-order valence-corrected chi connectivity index (χ3v) is 8.27. The molecular weight excluding hydrogens is 482 g/mol. The Morgan fingerprint density at radius 2 is 1.44 bits per heavy atom. The maximum absolute atomic E-state index is 12.0. The van der Waals surface area contributed by atoms with Gasteiger partial charge in [0.25, 0.3) is 11.8 Å². The monoisotopic (exact) mass is 521 g/mol. The summed E-state index contributed by atoms with van der Waals surface area (Å²) in [5, 5.41) is 12.2. The average molecular weight is 522 g/mol. The van der Waals surface area contributed by atoms with Crippen LogP contribution in [0.25, 0.3) is 0 Å². The molecule has 4 N–H and O–H groups in total. The van der Waals surface area contributed by atoms with Gasteiger partial charge in [-0.15, -0.1) is 0 Å². The fourth-order valence-electron chi connectivity index (χ4n) is 4.72. The van der Waals surface area contributed by atoms with Crippen LogP contribution in [0.1, 0.15) is 70.6 Å². The van der Waals surface area contributed by atoms with Gasteiger partial charge in [0.05, 0.1) is 12.1 Å². The van der Waals surface area contributed by atoms with E-state index in [0.717, 1.165) is 63.5 Å². The number of thioether (sulfide) groups is 1. The van der Waals surface area contributed by atoms with Crippen molar-refractivity contribution < 1.29 is 24.0 Å². The second-order valence-corrected chi connectivity index (χ2v) is 10.9. The largest absolute Gasteiger partial charge is 0.356 e. The van der Waals surface area contributed by atoms with E-state index in [1.54, 1.807) is 0 Å². The van der Waals surface area contributed by atoms with Gasteiger partial charge in [0.15, 0.2) is 0 Å². The summed E-state index contributed by atoms with van der Waals surface area (Å²) >= 11 is 1.90. The Morgan fingerprint density at radius 3 is 2.11 bits per heavy atom. The van der Waals surface area contributed by atoms with Crippen molar-refractivity contribution >= 4 is 41.4 Å². The van der Waals surface area contributed by atoms with E-state index >= 15 is 0 Å². The Labute approximate surface area is 217 Å². The number of carbonyl (C=O) groups is 5. The lowest BCUT2D eigenvalue weighted by molar-refractivity contribution is -0.136. The zero-order chi connectivity index (χ0) is 25.8. The summed E-state index contributed by atoms with van der Waals surface area (Å²) in [6.45, 7) is 1.66. The van der Waals surface area contributed by atoms with Crippen molar-refractivity contribution in [3.8, 4) is 0 Å². The van der Waals surface area contributed by atoms with Gasteiger partial charge in [0, 0.05) is 55.6 Å². The minimum Gasteiger partial charge on any atom is -0.356 e. The second-order valence-electron chi connectivity index (χ2n) is 9.60. The van der Waals surface area contributed by atoms with Crippen molar-refractivity contribution in [2.75, 3.05) is 25.4 Å². The summed E-state index contributed by atoms with van der Waals surface area (Å²) in [6, 6.07) is 0.410. The first-order valence-electron chi connectivity index (χ1n) is 13.2. The number of rotatable bonds is 17. The van der Waals surface area contributed by atoms with Gasteiger partial charge in [-0.25, -0.2) is 4.79 Å². The summed E-state index contributed by atoms with van der Waals surface area (Å²) in [5.41, 5.74) is 0. The summed E-state index contributed by atoms with van der Waals surface area (Å²) in [7, 11) is 0. The third kappa shape index (κ3) is 9.15. The molecule has 0 radical (unpaired) electrons. The molecule has 0 aromatic carbocycles. The van der Waals surface area contributed by atoms with E-state index in [9.17, 15) is 24.0 Å². The van der Waals surface area contributed by atoms with Gasteiger partial charge < -0.3 is 21.3 Å². The topological polar surface area (TPSA) is 137 Å². The molecule has 11 heteroatoms. The first kappa shape index (κ1) is 28.0. The number of nitrogens with zero attached hydrogens (tertiary/aromatic N) is 1. The van der Waals surface area contributed by atoms with E-state index in [1.165, 1.54) is 17.1 Å². The molecule has 0 saturated carbocycles. The second kappa shape index (κ2) is 14.9. The number of fused-ring (bicyclic) bond motifs is 1. The number of urea groups is 1. The lowest BCUT2D eigenvalue weighted by Crippen LogP contribution is -2.36. The van der Waals surface area contributed by atoms with Crippen molar-refractivity contribution in [1.29, 1.82) is 0 Å². The van der Waals surface area contributed by atoms with Gasteiger partial charge in [-0.05, 0) is 44.9 Å². The van der Waals surface area contributed by atoms with Crippen LogP contribution in [-0.2, 0) is 19.2 Å². The van der Waals surface area contributed by atoms with Crippen LogP contribution in [0.4, 0.5) is 4.79 Å². The van der Waals surface area contributed by atoms with Crippen LogP contribution in [-0.4, -0.2) is 77.3 Å². The van der Waals surface area contributed by atoms with E-state index in [2.05, 4.69) is 21.3 Å². The van der Waals surface area contributed by atoms with Gasteiger partial charge in [-0.1, -0.05) is 12.8 Å². The lowest BCUT2D eigenvalue weighted by atomic mass is 10.0. The highest BCUT2D eigenvalue weighted by molar-refractivity contribution is 8.00. The molecule has 0 unspecified atom stereocenters. The summed E-state index contributed by atoms with van der Waals surface area (Å²) in [4.78, 5) is 59.5. The fraction of sp³-hybridized carbons (Fsp3) is 0.720. The predicted molar refractivity (Wildman–Crippen MR) is 138 cm³/mol. The first-order chi connectivity index (χ1) is 17.4. The Bertz CT molecular complexity index is 818. The zero-order valence-corrected chi connectivity index (χ0v) is 21.7. The molecule has 2 saturated heterocycles. The van der Waals surface area contributed by atoms with E-state index in [0.29, 0.717) is 37.7 Å². The van der Waals surface area contributed by atoms with Crippen LogP contribution in [0.2, 0.25) is 0 Å². The van der Waals surface area contributed by atoms with Crippen LogP contribution in [0.15, 0.2) is 12.2 Å². The molecular formula is C25H39N5O5S. The van der Waals surface area contributed by atoms with E-state index < -0.39 is 0 Å². The number of nitrogens with one attached hydrogen (secondary N) is 4. The van der Waals surface area contributed by atoms with Crippen LogP contribution < -0.4 is 21.3 Å². The molecule has 0 spiro atoms. The Hall–Kier alpha value is -2.56. The number of hydrogen-bond donors (Lipinski definition) is 4. The minimum absolute atomic E-state index is 0.0350. The fourth-order valence-corrected chi connectivity index (χ4v) is 6.26. The van der Waals surface area contributed by atoms with E-state index in [1.807, 2.05) is 11.8 Å². The first-order valence-corrected chi connectivity index (χ1v) is 14.2. The van der Waals surface area contributed by atoms with E-state index in [-0.39, 0.29) is 41.7 Å². The average Bonchev–Trinajstić information content (AvgIpc) is 3.50. The van der Waals surface area contributed by atoms with Crippen molar-refractivity contribution in [2.24, 2.45) is 0 Å². The summed E-state index contributed by atoms with van der Waals surface area (Å²) < 4.78 is 0. The number of hydrogen-bond acceptors (Lipinski definition) is 6. The number of imide groups is 1. The highest BCUT2D eigenvalue weighted by Crippen LogP contribution is 2.33. The number of carbonyl (C=O) groups excluding carboxylic acids is 5. The number of unbranched alkanes of at least 4 members (excludes halogenated alkanes) is 5. The molecule has 3 aliphatic heterocycles. The van der Waals surface area contributed by atoms with E-state index in [4.69, 9.17) is 0 Å². The Balaban J connectivity index is 1.07. The highest BCUT2D eigenvalue weighted by Gasteiger charge is 2.42. The molecule has 0 aromatic heterocycles. The predicted octanol–water partition coefficient (Wildman–Crippen LogP) is 1.60. The molecule has 200 valence electrons. The zero-order valence-electron chi connectivity index (χ0n) is 20.9. The molecule has 3 aliphatic rings. The van der Waals surface area contributed by atoms with Gasteiger partial charge >= 0.3 is 6.03 Å². The normalized spacial score (nSPS) is 22.5. The molecule has 0 aliphatic carbocycles. The molecule has 3 rings (SSSR count). The van der Waals surface area contributed by atoms with Crippen LogP contribution in [0.5, 0.6) is 0 Å². The van der Waals surface area contributed by atoms with Crippen molar-refractivity contribution in [3.63, 3.8) is 0 Å². The molecule has 3 heterocycles. The molecule has 0 aromatic rings. The van der Waals surface area contributed by atoms with Crippen LogP contribution in [0.3, 0.4) is 0 Å². The van der Waals surface area contributed by atoms with Gasteiger partial charge in [0.2, 0.25) is 11.8 Å². The molecule has 2 fully saturated rings. The standard InChI is InChI=1S/C25H39N5O5S/c31-20(27-15-7-2-8-16-30-22(33)12-13-23(30)34)10-3-1-6-14-26-21(32)11-5-4-9-19-24-18(17-36-19)28-25(35)29-24/h12-13,18-19,24H,1-11,14-17H2,(H,26,32)(H,27,31)(H2,28,29,35)/t18-,19-,24-/m0/s1. The lowest BCUT2D eigenvalue weighted by Gasteiger charge is -2.16. The molecule has 36 heavy (non-hydrogen) atoms. The number of amides is 6. The maximum atomic E-state index is 12.0. The molecule has 6 amide bonds. The van der Waals surface area contributed by atoms with Crippen molar-refractivity contribution in [3.05, 3.63) is 12.2 Å². The maximum Gasteiger partial charge on any atom is 0.315 e. The van der Waals surface area contributed by atoms with Crippen LogP contribution >= 0.6 is 11.8 Å². The van der Waals surface area contributed by atoms with Crippen molar-refractivity contribution in [1.82, 2.24) is 26.2 Å². The van der Waals surface area contributed by atoms with Crippen molar-refractivity contribution in [2.45, 2.75) is 88.0 Å². The van der Waals surface area contributed by atoms with Crippen LogP contribution in [0, 0.1) is 0 Å². The van der Waals surface area contributed by atoms with Gasteiger partial charge in [-0.2, -0.15) is 11.8 Å². The quantitative estimate of drug-likeness (QED) is 0.130. The SMILES string of the molecule is O=C(CCCCCNC(=O)CCCC[C@@H]1SC[C@@H]2NC(=O)N[C@@H]21)NCCCCCN1C(=O)C=CC1=O. The molecule has 0 bridgehead atoms. The van der Waals surface area contributed by atoms with Gasteiger partial charge in [0.1, 0.15) is 0 Å². The Morgan fingerprint density at radius 1 is 0.833 bits per heavy atom. The van der Waals surface area contributed by atoms with Gasteiger partial charge in [-0.3, -0.25) is 24.1 Å². The summed E-state index contributed by atoms with van der Waals surface area (Å²) in [6.07, 6.45) is 11.4. The summed E-state index contributed by atoms with van der Waals surface area (Å²) in [5.74, 6) is 0.574. The molecule has 10 nitrogen and oxygen atoms in total. The highest BCUT2D eigenvalue weighted by atomic mass is 32.2. The smallest absolute Gasteiger partial charge is 0.315 e. The minimum atomic E-state index is -0.250. The Kier molecular flexibility index (Phi) is 11.6.